The number of oxime groups is 1. The Bertz CT molecular complexity index is 1310. The van der Waals surface area contributed by atoms with Crippen molar-refractivity contribution in [3.8, 4) is 0 Å². The first-order valence-electron chi connectivity index (χ1n) is 14.4. The van der Waals surface area contributed by atoms with Crippen LogP contribution in [-0.2, 0) is 25.4 Å². The highest BCUT2D eigenvalue weighted by molar-refractivity contribution is 6.47. The molecule has 0 bridgehead atoms. The highest BCUT2D eigenvalue weighted by Crippen LogP contribution is 2.30. The lowest BCUT2D eigenvalue weighted by atomic mass is 9.73. The molecule has 1 saturated heterocycles. The number of pyridine rings is 1. The summed E-state index contributed by atoms with van der Waals surface area (Å²) < 4.78 is 11.7. The second kappa shape index (κ2) is 15.3. The Morgan fingerprint density at radius 3 is 2.57 bits per heavy atom. The molecule has 2 aliphatic rings. The molecule has 1 aromatic carbocycles. The van der Waals surface area contributed by atoms with Crippen molar-refractivity contribution in [1.82, 2.24) is 15.6 Å². The molecule has 3 heterocycles. The van der Waals surface area contributed by atoms with Crippen molar-refractivity contribution in [3.63, 3.8) is 0 Å². The van der Waals surface area contributed by atoms with E-state index in [-0.39, 0.29) is 42.8 Å². The van der Waals surface area contributed by atoms with Crippen LogP contribution in [0.2, 0.25) is 5.15 Å². The number of nitrogens with one attached hydrogen (secondary N) is 2. The summed E-state index contributed by atoms with van der Waals surface area (Å²) in [6.45, 7) is 3.10. The van der Waals surface area contributed by atoms with Gasteiger partial charge in [0.15, 0.2) is 0 Å². The summed E-state index contributed by atoms with van der Waals surface area (Å²) in [5, 5.41) is 49.5. The summed E-state index contributed by atoms with van der Waals surface area (Å²) in [5.74, 6) is -1.50. The number of aromatic nitrogens is 1. The summed E-state index contributed by atoms with van der Waals surface area (Å²) in [6.07, 6.45) is -5.04. The summed E-state index contributed by atoms with van der Waals surface area (Å²) in [6, 6.07) is 14.0. The maximum absolute atomic E-state index is 14.0. The van der Waals surface area contributed by atoms with Crippen molar-refractivity contribution in [1.29, 1.82) is 0 Å². The van der Waals surface area contributed by atoms with Crippen molar-refractivity contribution < 1.29 is 44.2 Å². The zero-order chi connectivity index (χ0) is 31.9. The van der Waals surface area contributed by atoms with Crippen molar-refractivity contribution in [2.24, 2.45) is 11.1 Å². The minimum Gasteiger partial charge on any atom is -0.407 e. The molecular weight excluding hydrogens is 595 g/mol. The monoisotopic (exact) mass is 632 g/mol. The van der Waals surface area contributed by atoms with Crippen molar-refractivity contribution in [3.05, 3.63) is 64.9 Å². The van der Waals surface area contributed by atoms with Crippen LogP contribution >= 0.6 is 11.6 Å². The summed E-state index contributed by atoms with van der Waals surface area (Å²) in [5.41, 5.74) is -0.0242. The van der Waals surface area contributed by atoms with Gasteiger partial charge in [0, 0.05) is 12.8 Å². The Balaban J connectivity index is 1.47. The van der Waals surface area contributed by atoms with Crippen LogP contribution in [0.4, 0.5) is 0 Å². The van der Waals surface area contributed by atoms with Gasteiger partial charge >= 0.3 is 7.12 Å². The zero-order valence-electron chi connectivity index (χ0n) is 24.5. The number of hydrogen-bond acceptors (Lipinski definition) is 11. The maximum atomic E-state index is 14.0. The van der Waals surface area contributed by atoms with Crippen LogP contribution < -0.4 is 10.6 Å². The number of carbonyl (C=O) groups excluding carboxylic acids is 2. The van der Waals surface area contributed by atoms with E-state index in [0.717, 1.165) is 5.56 Å². The molecule has 2 aromatic rings. The number of aliphatic hydroxyl groups excluding tert-OH is 4. The minimum absolute atomic E-state index is 0.0166. The van der Waals surface area contributed by atoms with Gasteiger partial charge in [0.05, 0.1) is 37.5 Å². The molecule has 2 amide bonds. The zero-order valence-corrected chi connectivity index (χ0v) is 25.3. The highest BCUT2D eigenvalue weighted by Gasteiger charge is 2.50. The van der Waals surface area contributed by atoms with E-state index >= 15 is 0 Å². The smallest absolute Gasteiger partial charge is 0.407 e. The van der Waals surface area contributed by atoms with E-state index in [1.807, 2.05) is 44.2 Å². The van der Waals surface area contributed by atoms with E-state index < -0.39 is 61.5 Å². The fourth-order valence-electron chi connectivity index (χ4n) is 5.10. The minimum atomic E-state index is -1.66. The van der Waals surface area contributed by atoms with E-state index in [9.17, 15) is 24.9 Å². The predicted molar refractivity (Wildman–Crippen MR) is 161 cm³/mol. The maximum Gasteiger partial charge on any atom is 0.481 e. The molecule has 0 aliphatic carbocycles. The third-order valence-corrected chi connectivity index (χ3v) is 7.61. The van der Waals surface area contributed by atoms with Gasteiger partial charge in [0.25, 0.3) is 11.8 Å². The molecule has 0 spiro atoms. The first-order valence-corrected chi connectivity index (χ1v) is 14.8. The third kappa shape index (κ3) is 8.54. The highest BCUT2D eigenvalue weighted by atomic mass is 35.5. The normalized spacial score (nSPS) is 22.6. The summed E-state index contributed by atoms with van der Waals surface area (Å²) in [4.78, 5) is 36.5. The van der Waals surface area contributed by atoms with Gasteiger partial charge in [-0.05, 0) is 30.0 Å². The second-order valence-corrected chi connectivity index (χ2v) is 11.8. The van der Waals surface area contributed by atoms with Gasteiger partial charge < -0.3 is 45.2 Å². The molecule has 2 aliphatic heterocycles. The Hall–Kier alpha value is -3.11. The van der Waals surface area contributed by atoms with Crippen LogP contribution in [-0.4, -0.2) is 106 Å². The van der Waals surface area contributed by atoms with E-state index in [2.05, 4.69) is 20.8 Å². The summed E-state index contributed by atoms with van der Waals surface area (Å²) >= 11 is 5.90. The number of benzene rings is 1. The van der Waals surface area contributed by atoms with Crippen LogP contribution in [0.15, 0.2) is 53.7 Å². The van der Waals surface area contributed by atoms with Crippen LogP contribution in [0.3, 0.4) is 0 Å². The molecule has 238 valence electrons. The Labute approximate surface area is 260 Å². The molecule has 1 aromatic heterocycles. The van der Waals surface area contributed by atoms with Gasteiger partial charge in [0.1, 0.15) is 29.2 Å². The molecule has 13 nitrogen and oxygen atoms in total. The van der Waals surface area contributed by atoms with E-state index in [1.165, 1.54) is 6.07 Å². The molecule has 6 N–H and O–H groups in total. The Morgan fingerprint density at radius 1 is 1.14 bits per heavy atom. The van der Waals surface area contributed by atoms with Crippen LogP contribution in [0.25, 0.3) is 0 Å². The molecule has 15 heteroatoms. The fraction of sp³-hybridized carbons (Fsp3) is 0.517. The van der Waals surface area contributed by atoms with Crippen LogP contribution in [0.1, 0.15) is 42.7 Å². The van der Waals surface area contributed by atoms with E-state index in [0.29, 0.717) is 12.1 Å². The molecule has 1 fully saturated rings. The Kier molecular flexibility index (Phi) is 11.7. The van der Waals surface area contributed by atoms with Gasteiger partial charge in [-0.25, -0.2) is 4.98 Å². The molecule has 0 radical (unpaired) electrons. The summed E-state index contributed by atoms with van der Waals surface area (Å²) in [7, 11) is -0.973. The van der Waals surface area contributed by atoms with Gasteiger partial charge in [0.2, 0.25) is 5.60 Å². The van der Waals surface area contributed by atoms with Gasteiger partial charge in [-0.3, -0.25) is 9.59 Å². The quantitative estimate of drug-likeness (QED) is 0.124. The van der Waals surface area contributed by atoms with E-state index in [1.54, 1.807) is 12.1 Å². The number of halogens is 1. The number of rotatable bonds is 14. The average molecular weight is 633 g/mol. The number of carbonyl (C=O) groups is 2. The van der Waals surface area contributed by atoms with Crippen LogP contribution in [0, 0.1) is 5.92 Å². The molecule has 6 atom stereocenters. The van der Waals surface area contributed by atoms with Gasteiger partial charge in [-0.15, -0.1) is 0 Å². The molecule has 5 unspecified atom stereocenters. The standard InChI is InChI=1S/C29H38BClN4O9/c1-17(2)11-23(30-42-16-22(43-30)26(39)25(38)21(37)15-36)34-28(41)29(12-18-7-4-3-5-8-18)13-19(35-44-29)14-32-27(40)20-9-6-10-24(31)33-20/h3-10,17,21-23,25-26,36-39H,11-16H2,1-2H3,(H,32,40)(H,34,41)/t21?,22?,23-,25?,26?,29?/m0/s1. The number of nitrogens with zero attached hydrogens (tertiary/aromatic N) is 2. The second-order valence-electron chi connectivity index (χ2n) is 11.4. The molecular formula is C29H38BClN4O9. The van der Waals surface area contributed by atoms with Crippen molar-refractivity contribution in [2.75, 3.05) is 19.8 Å². The molecule has 44 heavy (non-hydrogen) atoms. The number of aliphatic hydroxyl groups is 4. The lowest BCUT2D eigenvalue weighted by Gasteiger charge is -2.30. The van der Waals surface area contributed by atoms with Crippen molar-refractivity contribution in [2.45, 2.75) is 69.1 Å². The largest absolute Gasteiger partial charge is 0.481 e. The first-order chi connectivity index (χ1) is 21.0. The Morgan fingerprint density at radius 2 is 1.89 bits per heavy atom. The lowest BCUT2D eigenvalue weighted by molar-refractivity contribution is -0.144. The number of hydrogen-bond donors (Lipinski definition) is 6. The average Bonchev–Trinajstić information content (AvgIpc) is 3.67. The van der Waals surface area contributed by atoms with Crippen LogP contribution in [0.5, 0.6) is 0 Å². The first kappa shape index (κ1) is 33.8. The van der Waals surface area contributed by atoms with E-state index in [4.69, 9.17) is 30.9 Å². The SMILES string of the molecule is CC(C)C[C@H](NC(=O)C1(Cc2ccccc2)CC(CNC(=O)c2cccc(Cl)n2)=NO1)B1OCC(C(O)C(O)C(O)CO)O1. The van der Waals surface area contributed by atoms with Gasteiger partial charge in [-0.2, -0.15) is 0 Å². The molecule has 4 rings (SSSR count). The molecule has 0 saturated carbocycles. The lowest BCUT2D eigenvalue weighted by Crippen LogP contribution is -2.57. The fourth-order valence-corrected chi connectivity index (χ4v) is 5.27. The number of amides is 2. The third-order valence-electron chi connectivity index (χ3n) is 7.40. The van der Waals surface area contributed by atoms with Gasteiger partial charge in [-0.1, -0.05) is 67.0 Å². The predicted octanol–water partition coefficient (Wildman–Crippen LogP) is 0.271. The topological polar surface area (TPSA) is 192 Å². The van der Waals surface area contributed by atoms with Crippen molar-refractivity contribution >= 4 is 36.2 Å².